The lowest BCUT2D eigenvalue weighted by atomic mass is 10.1. The molecule has 0 bridgehead atoms. The lowest BCUT2D eigenvalue weighted by molar-refractivity contribution is -0.116. The Kier molecular flexibility index (Phi) is 5.83. The summed E-state index contributed by atoms with van der Waals surface area (Å²) in [7, 11) is 1.49. The molecule has 0 saturated carbocycles. The summed E-state index contributed by atoms with van der Waals surface area (Å²) in [4.78, 5) is 23.2. The molecule has 0 fully saturated rings. The predicted octanol–water partition coefficient (Wildman–Crippen LogP) is 3.29. The second-order valence-electron chi connectivity index (χ2n) is 5.07. The van der Waals surface area contributed by atoms with Gasteiger partial charge >= 0.3 is 6.03 Å². The van der Waals surface area contributed by atoms with E-state index in [0.29, 0.717) is 11.4 Å². The van der Waals surface area contributed by atoms with Gasteiger partial charge in [0.15, 0.2) is 0 Å². The largest absolute Gasteiger partial charge is 0.341 e. The van der Waals surface area contributed by atoms with Crippen LogP contribution in [0.4, 0.5) is 25.0 Å². The Morgan fingerprint density at radius 1 is 1.00 bits per heavy atom. The van der Waals surface area contributed by atoms with Gasteiger partial charge in [-0.3, -0.25) is 4.79 Å². The molecule has 0 aliphatic heterocycles. The van der Waals surface area contributed by atoms with E-state index < -0.39 is 11.6 Å². The Morgan fingerprint density at radius 3 is 2.42 bits per heavy atom. The van der Waals surface area contributed by atoms with Crippen molar-refractivity contribution in [1.29, 1.82) is 0 Å². The second-order valence-corrected chi connectivity index (χ2v) is 5.07. The minimum Gasteiger partial charge on any atom is -0.341 e. The van der Waals surface area contributed by atoms with Gasteiger partial charge in [0.1, 0.15) is 11.6 Å². The van der Waals surface area contributed by atoms with Gasteiger partial charge < -0.3 is 16.0 Å². The summed E-state index contributed by atoms with van der Waals surface area (Å²) in [6, 6.07) is 9.38. The predicted molar refractivity (Wildman–Crippen MR) is 87.8 cm³/mol. The number of anilines is 2. The highest BCUT2D eigenvalue weighted by Gasteiger charge is 2.08. The van der Waals surface area contributed by atoms with Crippen LogP contribution in [0.25, 0.3) is 0 Å². The number of benzene rings is 2. The van der Waals surface area contributed by atoms with Crippen LogP contribution < -0.4 is 16.0 Å². The van der Waals surface area contributed by atoms with E-state index in [2.05, 4.69) is 16.0 Å². The maximum atomic E-state index is 13.5. The Bertz CT molecular complexity index is 750. The highest BCUT2D eigenvalue weighted by atomic mass is 19.1. The minimum atomic E-state index is -0.542. The van der Waals surface area contributed by atoms with Crippen LogP contribution in [0.3, 0.4) is 0 Å². The molecule has 0 spiro atoms. The van der Waals surface area contributed by atoms with Crippen LogP contribution >= 0.6 is 0 Å². The van der Waals surface area contributed by atoms with E-state index in [0.717, 1.165) is 18.2 Å². The fourth-order valence-corrected chi connectivity index (χ4v) is 2.07. The highest BCUT2D eigenvalue weighted by Crippen LogP contribution is 2.16. The van der Waals surface area contributed by atoms with Crippen molar-refractivity contribution < 1.29 is 18.4 Å². The first-order chi connectivity index (χ1) is 11.5. The summed E-state index contributed by atoms with van der Waals surface area (Å²) in [5, 5.41) is 7.65. The first-order valence-electron chi connectivity index (χ1n) is 7.30. The summed E-state index contributed by atoms with van der Waals surface area (Å²) < 4.78 is 26.6. The monoisotopic (exact) mass is 333 g/mol. The third-order valence-corrected chi connectivity index (χ3v) is 3.26. The zero-order chi connectivity index (χ0) is 17.5. The first kappa shape index (κ1) is 17.4. The van der Waals surface area contributed by atoms with Gasteiger partial charge in [-0.25, -0.2) is 13.6 Å². The van der Waals surface area contributed by atoms with E-state index in [1.54, 1.807) is 24.3 Å². The van der Waals surface area contributed by atoms with Crippen LogP contribution in [0.1, 0.15) is 12.0 Å². The number of rotatable bonds is 5. The number of urea groups is 1. The molecule has 7 heteroatoms. The fourth-order valence-electron chi connectivity index (χ4n) is 2.07. The fraction of sp³-hybridized carbons (Fsp3) is 0.176. The summed E-state index contributed by atoms with van der Waals surface area (Å²) in [5.74, 6) is -1.42. The van der Waals surface area contributed by atoms with Crippen molar-refractivity contribution in [3.8, 4) is 0 Å². The van der Waals surface area contributed by atoms with Crippen molar-refractivity contribution >= 4 is 23.3 Å². The van der Waals surface area contributed by atoms with Gasteiger partial charge in [-0.15, -0.1) is 0 Å². The van der Waals surface area contributed by atoms with E-state index >= 15 is 0 Å². The second kappa shape index (κ2) is 8.05. The van der Waals surface area contributed by atoms with Crippen LogP contribution in [0.5, 0.6) is 0 Å². The number of carbonyl (C=O) groups excluding carboxylic acids is 2. The molecule has 0 saturated heterocycles. The minimum absolute atomic E-state index is 0.00742. The van der Waals surface area contributed by atoms with Crippen molar-refractivity contribution in [1.82, 2.24) is 5.32 Å². The standard InChI is InChI=1S/C17H17F2N3O2/c1-20-17(24)22-14-4-2-3-13(10-14)21-16(23)8-5-11-9-12(18)6-7-15(11)19/h2-4,6-7,9-10H,5,8H2,1H3,(H,21,23)(H2,20,22,24). The summed E-state index contributed by atoms with van der Waals surface area (Å²) in [6.45, 7) is 0. The number of amides is 3. The molecule has 2 aromatic carbocycles. The third-order valence-electron chi connectivity index (χ3n) is 3.26. The van der Waals surface area contributed by atoms with Crippen molar-refractivity contribution in [2.45, 2.75) is 12.8 Å². The quantitative estimate of drug-likeness (QED) is 0.786. The molecule has 5 nitrogen and oxygen atoms in total. The summed E-state index contributed by atoms with van der Waals surface area (Å²) >= 11 is 0. The molecule has 3 amide bonds. The van der Waals surface area contributed by atoms with Crippen LogP contribution in [-0.2, 0) is 11.2 Å². The Balaban J connectivity index is 1.93. The van der Waals surface area contributed by atoms with Crippen molar-refractivity contribution in [3.63, 3.8) is 0 Å². The van der Waals surface area contributed by atoms with E-state index in [9.17, 15) is 18.4 Å². The number of carbonyl (C=O) groups is 2. The van der Waals surface area contributed by atoms with Crippen LogP contribution in [0.15, 0.2) is 42.5 Å². The molecular weight excluding hydrogens is 316 g/mol. The maximum absolute atomic E-state index is 13.5. The van der Waals surface area contributed by atoms with E-state index in [1.807, 2.05) is 0 Å². The molecule has 2 aromatic rings. The third kappa shape index (κ3) is 5.05. The molecule has 24 heavy (non-hydrogen) atoms. The molecule has 3 N–H and O–H groups in total. The summed E-state index contributed by atoms with van der Waals surface area (Å²) in [6.07, 6.45) is 0.0963. The summed E-state index contributed by atoms with van der Waals surface area (Å²) in [5.41, 5.74) is 1.16. The number of nitrogens with one attached hydrogen (secondary N) is 3. The first-order valence-corrected chi connectivity index (χ1v) is 7.30. The lowest BCUT2D eigenvalue weighted by Crippen LogP contribution is -2.24. The van der Waals surface area contributed by atoms with Crippen molar-refractivity contribution in [2.24, 2.45) is 0 Å². The normalized spacial score (nSPS) is 10.1. The number of halogens is 2. The van der Waals surface area contributed by atoms with Gasteiger partial charge in [0, 0.05) is 24.8 Å². The molecule has 0 unspecified atom stereocenters. The molecule has 0 aliphatic carbocycles. The molecule has 0 heterocycles. The highest BCUT2D eigenvalue weighted by molar-refractivity contribution is 5.93. The van der Waals surface area contributed by atoms with Crippen molar-refractivity contribution in [2.75, 3.05) is 17.7 Å². The number of hydrogen-bond acceptors (Lipinski definition) is 2. The SMILES string of the molecule is CNC(=O)Nc1cccc(NC(=O)CCc2cc(F)ccc2F)c1. The zero-order valence-electron chi connectivity index (χ0n) is 13.0. The van der Waals surface area contributed by atoms with E-state index in [1.165, 1.54) is 7.05 Å². The van der Waals surface area contributed by atoms with Gasteiger partial charge in [0.05, 0.1) is 0 Å². The van der Waals surface area contributed by atoms with Gasteiger partial charge in [-0.1, -0.05) is 6.07 Å². The Labute approximate surface area is 138 Å². The van der Waals surface area contributed by atoms with E-state index in [4.69, 9.17) is 0 Å². The van der Waals surface area contributed by atoms with Gasteiger partial charge in [0.25, 0.3) is 0 Å². The van der Waals surface area contributed by atoms with Crippen LogP contribution in [0.2, 0.25) is 0 Å². The van der Waals surface area contributed by atoms with E-state index in [-0.39, 0.29) is 30.3 Å². The molecular formula is C17H17F2N3O2. The van der Waals surface area contributed by atoms with Gasteiger partial charge in [0.2, 0.25) is 5.91 Å². The zero-order valence-corrected chi connectivity index (χ0v) is 13.0. The number of aryl methyl sites for hydroxylation is 1. The lowest BCUT2D eigenvalue weighted by Gasteiger charge is -2.09. The van der Waals surface area contributed by atoms with Crippen molar-refractivity contribution in [3.05, 3.63) is 59.7 Å². The van der Waals surface area contributed by atoms with Gasteiger partial charge in [-0.05, 0) is 48.4 Å². The molecule has 0 aromatic heterocycles. The molecule has 126 valence electrons. The molecule has 0 aliphatic rings. The molecule has 0 atom stereocenters. The molecule has 2 rings (SSSR count). The Morgan fingerprint density at radius 2 is 1.71 bits per heavy atom. The average Bonchev–Trinajstić information content (AvgIpc) is 2.56. The van der Waals surface area contributed by atoms with Crippen LogP contribution in [-0.4, -0.2) is 19.0 Å². The van der Waals surface area contributed by atoms with Gasteiger partial charge in [-0.2, -0.15) is 0 Å². The van der Waals surface area contributed by atoms with Crippen LogP contribution in [0, 0.1) is 11.6 Å². The molecule has 0 radical (unpaired) electrons. The average molecular weight is 333 g/mol. The maximum Gasteiger partial charge on any atom is 0.318 e. The Hall–Kier alpha value is -2.96. The smallest absolute Gasteiger partial charge is 0.318 e. The topological polar surface area (TPSA) is 70.2 Å². The number of hydrogen-bond donors (Lipinski definition) is 3.